The molecule has 1 saturated heterocycles. The van der Waals surface area contributed by atoms with Crippen LogP contribution in [0.15, 0.2) is 36.4 Å². The monoisotopic (exact) mass is 255 g/mol. The normalized spacial score (nSPS) is 14.7. The summed E-state index contributed by atoms with van der Waals surface area (Å²) < 4.78 is 0. The van der Waals surface area contributed by atoms with Gasteiger partial charge >= 0.3 is 0 Å². The van der Waals surface area contributed by atoms with Crippen LogP contribution in [-0.2, 0) is 0 Å². The molecule has 0 saturated carbocycles. The van der Waals surface area contributed by atoms with Gasteiger partial charge in [-0.25, -0.2) is 15.8 Å². The van der Waals surface area contributed by atoms with E-state index in [1.165, 1.54) is 12.8 Å². The number of aromatic nitrogens is 2. The first-order chi connectivity index (χ1) is 9.36. The van der Waals surface area contributed by atoms with Gasteiger partial charge in [0, 0.05) is 24.7 Å². The van der Waals surface area contributed by atoms with Crippen LogP contribution in [0.3, 0.4) is 0 Å². The number of nitrogens with two attached hydrogens (primary N) is 1. The lowest BCUT2D eigenvalue weighted by atomic mass is 10.2. The number of anilines is 2. The second kappa shape index (κ2) is 5.24. The van der Waals surface area contributed by atoms with Crippen LogP contribution >= 0.6 is 0 Å². The van der Waals surface area contributed by atoms with Crippen molar-refractivity contribution in [2.75, 3.05) is 23.4 Å². The van der Waals surface area contributed by atoms with E-state index in [1.807, 2.05) is 36.4 Å². The van der Waals surface area contributed by atoms with Gasteiger partial charge in [-0.15, -0.1) is 0 Å². The van der Waals surface area contributed by atoms with Crippen molar-refractivity contribution >= 4 is 11.6 Å². The highest BCUT2D eigenvalue weighted by molar-refractivity contribution is 5.61. The molecule has 3 N–H and O–H groups in total. The lowest BCUT2D eigenvalue weighted by Crippen LogP contribution is -2.20. The molecule has 1 aromatic carbocycles. The predicted molar refractivity (Wildman–Crippen MR) is 76.7 cm³/mol. The molecular weight excluding hydrogens is 238 g/mol. The number of benzene rings is 1. The number of nitrogen functional groups attached to an aromatic ring is 1. The van der Waals surface area contributed by atoms with Crippen molar-refractivity contribution in [1.29, 1.82) is 0 Å². The Morgan fingerprint density at radius 3 is 2.47 bits per heavy atom. The molecule has 3 rings (SSSR count). The number of rotatable bonds is 3. The van der Waals surface area contributed by atoms with Gasteiger partial charge in [0.2, 0.25) is 0 Å². The maximum Gasteiger partial charge on any atom is 0.163 e. The second-order valence-corrected chi connectivity index (χ2v) is 4.64. The summed E-state index contributed by atoms with van der Waals surface area (Å²) in [5.74, 6) is 7.80. The molecule has 1 fully saturated rings. The van der Waals surface area contributed by atoms with E-state index in [0.717, 1.165) is 24.5 Å². The number of hydrazine groups is 1. The lowest BCUT2D eigenvalue weighted by molar-refractivity contribution is 0.929. The van der Waals surface area contributed by atoms with E-state index in [0.29, 0.717) is 11.6 Å². The highest BCUT2D eigenvalue weighted by Gasteiger charge is 2.16. The van der Waals surface area contributed by atoms with Gasteiger partial charge in [0.1, 0.15) is 11.6 Å². The molecule has 2 heterocycles. The van der Waals surface area contributed by atoms with Crippen LogP contribution < -0.4 is 16.2 Å². The van der Waals surface area contributed by atoms with Gasteiger partial charge < -0.3 is 10.3 Å². The van der Waals surface area contributed by atoms with Crippen LogP contribution in [0.25, 0.3) is 11.4 Å². The standard InChI is InChI=1S/C14H17N5/c15-18-12-10-13(19-8-4-5-9-19)17-14(16-12)11-6-2-1-3-7-11/h1-3,6-7,10H,4-5,8-9,15H2,(H,16,17,18). The molecule has 0 unspecified atom stereocenters. The molecule has 1 aromatic heterocycles. The Bertz CT molecular complexity index is 549. The van der Waals surface area contributed by atoms with Gasteiger partial charge in [-0.2, -0.15) is 0 Å². The molecule has 1 aliphatic rings. The van der Waals surface area contributed by atoms with Crippen molar-refractivity contribution < 1.29 is 0 Å². The molecule has 0 radical (unpaired) electrons. The fourth-order valence-corrected chi connectivity index (χ4v) is 2.33. The van der Waals surface area contributed by atoms with Crippen LogP contribution in [0, 0.1) is 0 Å². The van der Waals surface area contributed by atoms with E-state index in [1.54, 1.807) is 0 Å². The maximum atomic E-state index is 5.51. The molecule has 5 nitrogen and oxygen atoms in total. The minimum absolute atomic E-state index is 0.649. The fraction of sp³-hybridized carbons (Fsp3) is 0.286. The lowest BCUT2D eigenvalue weighted by Gasteiger charge is -2.17. The van der Waals surface area contributed by atoms with Crippen molar-refractivity contribution in [3.8, 4) is 11.4 Å². The van der Waals surface area contributed by atoms with E-state index in [2.05, 4.69) is 20.3 Å². The topological polar surface area (TPSA) is 67.1 Å². The molecule has 98 valence electrons. The molecule has 1 aliphatic heterocycles. The largest absolute Gasteiger partial charge is 0.356 e. The third-order valence-corrected chi connectivity index (χ3v) is 3.32. The smallest absolute Gasteiger partial charge is 0.163 e. The number of hydrogen-bond donors (Lipinski definition) is 2. The number of hydrogen-bond acceptors (Lipinski definition) is 5. The van der Waals surface area contributed by atoms with E-state index in [-0.39, 0.29) is 0 Å². The molecule has 0 atom stereocenters. The summed E-state index contributed by atoms with van der Waals surface area (Å²) >= 11 is 0. The zero-order valence-corrected chi connectivity index (χ0v) is 10.7. The number of nitrogens with zero attached hydrogens (tertiary/aromatic N) is 3. The van der Waals surface area contributed by atoms with Gasteiger partial charge in [0.05, 0.1) is 0 Å². The van der Waals surface area contributed by atoms with Crippen molar-refractivity contribution in [3.63, 3.8) is 0 Å². The summed E-state index contributed by atoms with van der Waals surface area (Å²) in [6.07, 6.45) is 2.44. The third-order valence-electron chi connectivity index (χ3n) is 3.32. The van der Waals surface area contributed by atoms with Crippen LogP contribution in [0.2, 0.25) is 0 Å². The Morgan fingerprint density at radius 2 is 1.79 bits per heavy atom. The van der Waals surface area contributed by atoms with Crippen LogP contribution in [-0.4, -0.2) is 23.1 Å². The van der Waals surface area contributed by atoms with Gasteiger partial charge in [-0.1, -0.05) is 30.3 Å². The first-order valence-electron chi connectivity index (χ1n) is 6.53. The van der Waals surface area contributed by atoms with E-state index in [4.69, 9.17) is 5.84 Å². The first kappa shape index (κ1) is 11.9. The van der Waals surface area contributed by atoms with E-state index < -0.39 is 0 Å². The van der Waals surface area contributed by atoms with Crippen LogP contribution in [0.4, 0.5) is 11.6 Å². The zero-order valence-electron chi connectivity index (χ0n) is 10.7. The molecule has 0 bridgehead atoms. The van der Waals surface area contributed by atoms with Crippen molar-refractivity contribution in [1.82, 2.24) is 9.97 Å². The predicted octanol–water partition coefficient (Wildman–Crippen LogP) is 2.03. The third kappa shape index (κ3) is 2.51. The average Bonchev–Trinajstić information content (AvgIpc) is 3.02. The maximum absolute atomic E-state index is 5.51. The molecule has 0 spiro atoms. The molecule has 19 heavy (non-hydrogen) atoms. The summed E-state index contributed by atoms with van der Waals surface area (Å²) in [6.45, 7) is 2.10. The molecule has 0 aliphatic carbocycles. The molecule has 0 amide bonds. The highest BCUT2D eigenvalue weighted by Crippen LogP contribution is 2.24. The van der Waals surface area contributed by atoms with E-state index >= 15 is 0 Å². The Hall–Kier alpha value is -2.14. The van der Waals surface area contributed by atoms with Crippen molar-refractivity contribution in [2.24, 2.45) is 5.84 Å². The Labute approximate surface area is 112 Å². The van der Waals surface area contributed by atoms with E-state index in [9.17, 15) is 0 Å². The summed E-state index contributed by atoms with van der Waals surface area (Å²) in [5.41, 5.74) is 3.62. The first-order valence-corrected chi connectivity index (χ1v) is 6.53. The van der Waals surface area contributed by atoms with Crippen molar-refractivity contribution in [2.45, 2.75) is 12.8 Å². The van der Waals surface area contributed by atoms with Gasteiger partial charge in [-0.05, 0) is 12.8 Å². The summed E-state index contributed by atoms with van der Waals surface area (Å²) in [4.78, 5) is 11.3. The number of nitrogens with one attached hydrogen (secondary N) is 1. The average molecular weight is 255 g/mol. The molecular formula is C14H17N5. The van der Waals surface area contributed by atoms with Crippen LogP contribution in [0.1, 0.15) is 12.8 Å². The summed E-state index contributed by atoms with van der Waals surface area (Å²) in [6, 6.07) is 11.9. The SMILES string of the molecule is NNc1cc(N2CCCC2)nc(-c2ccccc2)n1. The van der Waals surface area contributed by atoms with Crippen LogP contribution in [0.5, 0.6) is 0 Å². The molecule has 2 aromatic rings. The zero-order chi connectivity index (χ0) is 13.1. The van der Waals surface area contributed by atoms with Gasteiger partial charge in [0.25, 0.3) is 0 Å². The van der Waals surface area contributed by atoms with Crippen molar-refractivity contribution in [3.05, 3.63) is 36.4 Å². The summed E-state index contributed by atoms with van der Waals surface area (Å²) in [7, 11) is 0. The Kier molecular flexibility index (Phi) is 3.29. The highest BCUT2D eigenvalue weighted by atomic mass is 15.3. The second-order valence-electron chi connectivity index (χ2n) is 4.64. The fourth-order valence-electron chi connectivity index (χ4n) is 2.33. The summed E-state index contributed by atoms with van der Waals surface area (Å²) in [5, 5.41) is 0. The Morgan fingerprint density at radius 1 is 1.05 bits per heavy atom. The minimum Gasteiger partial charge on any atom is -0.356 e. The van der Waals surface area contributed by atoms with Gasteiger partial charge in [-0.3, -0.25) is 0 Å². The molecule has 5 heteroatoms. The quantitative estimate of drug-likeness (QED) is 0.649. The minimum atomic E-state index is 0.649. The Balaban J connectivity index is 2.02. The van der Waals surface area contributed by atoms with Gasteiger partial charge in [0.15, 0.2) is 5.82 Å².